The number of nitrogens with two attached hydrogens (primary N) is 1. The van der Waals surface area contributed by atoms with Crippen LogP contribution in [0.2, 0.25) is 0 Å². The molecule has 3 aromatic rings. The van der Waals surface area contributed by atoms with Crippen LogP contribution in [0.1, 0.15) is 50.1 Å². The summed E-state index contributed by atoms with van der Waals surface area (Å²) in [7, 11) is 2.27. The van der Waals surface area contributed by atoms with Crippen molar-refractivity contribution in [3.63, 3.8) is 0 Å². The zero-order valence-corrected chi connectivity index (χ0v) is 33.1. The lowest BCUT2D eigenvalue weighted by Crippen LogP contribution is -2.59. The minimum Gasteiger partial charge on any atom is -0.398 e. The first-order chi connectivity index (χ1) is 24.0. The van der Waals surface area contributed by atoms with Crippen molar-refractivity contribution in [2.24, 2.45) is 0 Å². The first kappa shape index (κ1) is 35.7. The molecule has 0 spiro atoms. The van der Waals surface area contributed by atoms with Crippen LogP contribution in [0, 0.1) is 0 Å². The first-order valence-corrected chi connectivity index (χ1v) is 20.0. The Labute approximate surface area is 318 Å². The summed E-state index contributed by atoms with van der Waals surface area (Å²) >= 11 is 10.7. The van der Waals surface area contributed by atoms with Gasteiger partial charge in [-0.05, 0) is 91.3 Å². The van der Waals surface area contributed by atoms with E-state index in [1.54, 1.807) is 9.47 Å². The molecule has 3 amide bonds. The minimum absolute atomic E-state index is 0.0275. The summed E-state index contributed by atoms with van der Waals surface area (Å²) in [4.78, 5) is 52.8. The molecule has 4 fully saturated rings. The number of rotatable bonds is 7. The van der Waals surface area contributed by atoms with Gasteiger partial charge in [-0.15, -0.1) is 0 Å². The normalized spacial score (nSPS) is 24.0. The van der Waals surface area contributed by atoms with Gasteiger partial charge in [0.15, 0.2) is 0 Å². The lowest BCUT2D eigenvalue weighted by molar-refractivity contribution is -0.135. The number of anilines is 1. The number of benzene rings is 2. The van der Waals surface area contributed by atoms with Crippen LogP contribution >= 0.6 is 47.8 Å². The number of halogens is 3. The van der Waals surface area contributed by atoms with Crippen LogP contribution in [-0.4, -0.2) is 112 Å². The Balaban J connectivity index is 1.00. The number of nitrogens with zero attached hydrogens (tertiary/aromatic N) is 5. The number of hydrogen-bond acceptors (Lipinski definition) is 6. The molecule has 2 bridgehead atoms. The maximum Gasteiger partial charge on any atom is 0.326 e. The Morgan fingerprint density at radius 3 is 2.26 bits per heavy atom. The molecule has 50 heavy (non-hydrogen) atoms. The van der Waals surface area contributed by atoms with Crippen molar-refractivity contribution in [3.8, 4) is 11.3 Å². The number of hydrogen-bond donors (Lipinski definition) is 3. The van der Waals surface area contributed by atoms with E-state index in [9.17, 15) is 14.4 Å². The van der Waals surface area contributed by atoms with Crippen LogP contribution in [0.3, 0.4) is 0 Å². The van der Waals surface area contributed by atoms with Crippen molar-refractivity contribution >= 4 is 65.4 Å². The number of nitrogen functional groups attached to an aromatic ring is 1. The molecule has 4 aliphatic heterocycles. The molecule has 0 saturated carbocycles. The molecule has 268 valence electrons. The van der Waals surface area contributed by atoms with Crippen molar-refractivity contribution < 1.29 is 9.59 Å². The number of aromatic amines is 1. The summed E-state index contributed by atoms with van der Waals surface area (Å²) in [5.41, 5.74) is 9.13. The van der Waals surface area contributed by atoms with E-state index >= 15 is 0 Å². The first-order valence-electron chi connectivity index (χ1n) is 17.6. The average molecular weight is 878 g/mol. The SMILES string of the molecule is CN1C2CCC1CC(N1CCN(C(=O)[C@@H](Cc3cc(Br)c(N)cc3Br)NC(=O)N3CCC(n4cc(-c5cccc(Br)c5)[nH]c4=O)CC3)CC1)C2. The molecule has 11 nitrogen and oxygen atoms in total. The maximum absolute atomic E-state index is 14.2. The largest absolute Gasteiger partial charge is 0.398 e. The number of nitrogens with one attached hydrogen (secondary N) is 2. The van der Waals surface area contributed by atoms with Gasteiger partial charge in [0.05, 0.1) is 5.69 Å². The smallest absolute Gasteiger partial charge is 0.326 e. The van der Waals surface area contributed by atoms with Gasteiger partial charge < -0.3 is 30.7 Å². The van der Waals surface area contributed by atoms with Gasteiger partial charge in [-0.3, -0.25) is 14.3 Å². The molecule has 7 rings (SSSR count). The van der Waals surface area contributed by atoms with Gasteiger partial charge in [0, 0.05) is 101 Å². The Bertz CT molecular complexity index is 1770. The van der Waals surface area contributed by atoms with E-state index in [0.29, 0.717) is 69.3 Å². The Morgan fingerprint density at radius 1 is 0.880 bits per heavy atom. The van der Waals surface area contributed by atoms with Crippen molar-refractivity contribution in [1.29, 1.82) is 0 Å². The fourth-order valence-electron chi connectivity index (χ4n) is 8.46. The van der Waals surface area contributed by atoms with Crippen molar-refractivity contribution in [1.82, 2.24) is 34.5 Å². The zero-order chi connectivity index (χ0) is 35.1. The molecule has 3 atom stereocenters. The van der Waals surface area contributed by atoms with Crippen LogP contribution in [0.4, 0.5) is 10.5 Å². The fraction of sp³-hybridized carbons (Fsp3) is 0.528. The molecule has 2 unspecified atom stereocenters. The molecule has 1 aromatic heterocycles. The molecule has 4 N–H and O–H groups in total. The van der Waals surface area contributed by atoms with Gasteiger partial charge in [0.2, 0.25) is 5.91 Å². The summed E-state index contributed by atoms with van der Waals surface area (Å²) in [5.74, 6) is -0.0601. The van der Waals surface area contributed by atoms with E-state index in [0.717, 1.165) is 43.3 Å². The van der Waals surface area contributed by atoms with Crippen LogP contribution in [-0.2, 0) is 11.2 Å². The Morgan fingerprint density at radius 2 is 1.58 bits per heavy atom. The molecular formula is C36H45Br3N8O3. The van der Waals surface area contributed by atoms with Crippen molar-refractivity contribution in [2.45, 2.75) is 75.2 Å². The van der Waals surface area contributed by atoms with Gasteiger partial charge in [0.1, 0.15) is 6.04 Å². The highest BCUT2D eigenvalue weighted by atomic mass is 79.9. The van der Waals surface area contributed by atoms with E-state index in [-0.39, 0.29) is 23.7 Å². The summed E-state index contributed by atoms with van der Waals surface area (Å²) in [6.07, 6.45) is 8.49. The average Bonchev–Trinajstić information content (AvgIpc) is 3.58. The number of imidazole rings is 1. The standard InChI is InChI=1S/C36H45Br3N8O3/c1-43-26-5-6-27(43)19-28(18-26)44-11-13-45(14-12-44)34(48)32(17-23-16-30(39)31(40)20-29(23)38)41-35(49)46-9-7-25(8-10-46)47-21-33(42-36(47)50)22-3-2-4-24(37)15-22/h2-4,15-16,20-21,25-28,32H,5-14,17-19,40H2,1H3,(H,41,49)(H,42,50)/t26?,27?,28?,32-/m1/s1. The third kappa shape index (κ3) is 7.60. The van der Waals surface area contributed by atoms with Gasteiger partial charge >= 0.3 is 11.7 Å². The third-order valence-electron chi connectivity index (χ3n) is 11.4. The second-order valence-corrected chi connectivity index (χ2v) is 16.9. The van der Waals surface area contributed by atoms with E-state index in [2.05, 4.69) is 74.9 Å². The quantitative estimate of drug-likeness (QED) is 0.272. The summed E-state index contributed by atoms with van der Waals surface area (Å²) in [5, 5.41) is 3.12. The number of urea groups is 1. The number of likely N-dealkylation sites (tertiary alicyclic amines) is 1. The highest BCUT2D eigenvalue weighted by molar-refractivity contribution is 9.11. The highest BCUT2D eigenvalue weighted by Crippen LogP contribution is 2.37. The molecule has 2 aromatic carbocycles. The van der Waals surface area contributed by atoms with E-state index in [1.165, 1.54) is 25.7 Å². The predicted octanol–water partition coefficient (Wildman–Crippen LogP) is 5.44. The van der Waals surface area contributed by atoms with Gasteiger partial charge in [-0.2, -0.15) is 0 Å². The number of H-pyrrole nitrogens is 1. The van der Waals surface area contributed by atoms with Crippen molar-refractivity contribution in [2.75, 3.05) is 52.0 Å². The molecule has 4 aliphatic rings. The number of piperidine rings is 2. The van der Waals surface area contributed by atoms with E-state index in [1.807, 2.05) is 47.5 Å². The number of piperazine rings is 1. The molecule has 0 radical (unpaired) electrons. The number of aromatic nitrogens is 2. The lowest BCUT2D eigenvalue weighted by atomic mass is 9.96. The van der Waals surface area contributed by atoms with Crippen LogP contribution in [0.5, 0.6) is 0 Å². The summed E-state index contributed by atoms with van der Waals surface area (Å²) in [6.45, 7) is 3.97. The van der Waals surface area contributed by atoms with Gasteiger partial charge in [-0.1, -0.05) is 44.0 Å². The molecule has 4 saturated heterocycles. The highest BCUT2D eigenvalue weighted by Gasteiger charge is 2.41. The van der Waals surface area contributed by atoms with Crippen LogP contribution in [0.15, 0.2) is 60.8 Å². The van der Waals surface area contributed by atoms with E-state index in [4.69, 9.17) is 5.73 Å². The predicted molar refractivity (Wildman–Crippen MR) is 206 cm³/mol. The third-order valence-corrected chi connectivity index (χ3v) is 13.3. The van der Waals surface area contributed by atoms with Gasteiger partial charge in [-0.25, -0.2) is 9.59 Å². The van der Waals surface area contributed by atoms with Crippen LogP contribution in [0.25, 0.3) is 11.3 Å². The zero-order valence-electron chi connectivity index (χ0n) is 28.3. The van der Waals surface area contributed by atoms with E-state index < -0.39 is 6.04 Å². The second-order valence-electron chi connectivity index (χ2n) is 14.3. The summed E-state index contributed by atoms with van der Waals surface area (Å²) < 4.78 is 4.24. The molecule has 0 aliphatic carbocycles. The number of amides is 3. The molecular weight excluding hydrogens is 832 g/mol. The maximum atomic E-state index is 14.2. The van der Waals surface area contributed by atoms with Crippen LogP contribution < -0.4 is 16.7 Å². The number of carbonyl (C=O) groups excluding carboxylic acids is 2. The molecule has 14 heteroatoms. The van der Waals surface area contributed by atoms with Crippen molar-refractivity contribution in [3.05, 3.63) is 72.1 Å². The Hall–Kier alpha value is -2.65. The second kappa shape index (κ2) is 15.1. The minimum atomic E-state index is -0.738. The number of carbonyl (C=O) groups is 2. The monoisotopic (exact) mass is 874 g/mol. The molecule has 5 heterocycles. The Kier molecular flexibility index (Phi) is 10.8. The topological polar surface area (TPSA) is 123 Å². The fourth-order valence-corrected chi connectivity index (χ4v) is 9.77. The lowest BCUT2D eigenvalue weighted by Gasteiger charge is -2.45. The van der Waals surface area contributed by atoms with Gasteiger partial charge in [0.25, 0.3) is 0 Å². The summed E-state index contributed by atoms with van der Waals surface area (Å²) in [6, 6.07) is 12.5. The number of fused-ring (bicyclic) bond motifs is 2.